The topological polar surface area (TPSA) is 58.6 Å². The number of halogens is 1. The number of hydrogen-bond acceptors (Lipinski definition) is 4. The first kappa shape index (κ1) is 17.5. The lowest BCUT2D eigenvalue weighted by Crippen LogP contribution is -2.42. The Kier molecular flexibility index (Phi) is 5.40. The van der Waals surface area contributed by atoms with Crippen molar-refractivity contribution in [2.45, 2.75) is 19.1 Å². The van der Waals surface area contributed by atoms with E-state index in [1.54, 1.807) is 29.2 Å². The molecule has 1 aromatic carbocycles. The maximum atomic E-state index is 12.7. The number of carbonyl (C=O) groups excluding carboxylic acids is 2. The van der Waals surface area contributed by atoms with Gasteiger partial charge in [0.15, 0.2) is 6.10 Å². The number of nitrogens with zero attached hydrogens (tertiary/aromatic N) is 1. The maximum absolute atomic E-state index is 12.7. The molecule has 0 spiro atoms. The average Bonchev–Trinajstić information content (AvgIpc) is 3.00. The fraction of sp³-hybridized carbons (Fsp3) is 0.222. The number of hydrogen-bond donors (Lipinski definition) is 1. The fourth-order valence-corrected chi connectivity index (χ4v) is 3.65. The van der Waals surface area contributed by atoms with Crippen LogP contribution in [0.3, 0.4) is 0 Å². The summed E-state index contributed by atoms with van der Waals surface area (Å²) in [5.41, 5.74) is 0.618. The molecular weight excluding hydrogens is 360 g/mol. The van der Waals surface area contributed by atoms with Crippen LogP contribution in [0.25, 0.3) is 0 Å². The Hall–Kier alpha value is -2.31. The van der Waals surface area contributed by atoms with Gasteiger partial charge in [-0.15, -0.1) is 17.9 Å². The first-order valence-corrected chi connectivity index (χ1v) is 8.95. The van der Waals surface area contributed by atoms with E-state index in [0.717, 1.165) is 4.88 Å². The Labute approximate surface area is 154 Å². The molecule has 1 atom stereocenters. The van der Waals surface area contributed by atoms with Crippen molar-refractivity contribution in [1.82, 2.24) is 4.90 Å². The molecule has 1 aliphatic heterocycles. The van der Waals surface area contributed by atoms with Gasteiger partial charge in [-0.3, -0.25) is 9.59 Å². The largest absolute Gasteiger partial charge is 0.478 e. The Balaban J connectivity index is 1.68. The summed E-state index contributed by atoms with van der Waals surface area (Å²) in [6.07, 6.45) is 0.777. The van der Waals surface area contributed by atoms with E-state index in [4.69, 9.17) is 16.3 Å². The van der Waals surface area contributed by atoms with Crippen molar-refractivity contribution in [3.8, 4) is 5.75 Å². The molecule has 0 saturated carbocycles. The van der Waals surface area contributed by atoms with Crippen LogP contribution in [-0.2, 0) is 16.1 Å². The Bertz CT molecular complexity index is 805. The summed E-state index contributed by atoms with van der Waals surface area (Å²) in [7, 11) is 0. The van der Waals surface area contributed by atoms with Gasteiger partial charge in [0.2, 0.25) is 5.91 Å². The van der Waals surface area contributed by atoms with Crippen molar-refractivity contribution in [2.75, 3.05) is 11.9 Å². The summed E-state index contributed by atoms with van der Waals surface area (Å²) in [6, 6.07) is 10.8. The molecule has 1 aromatic heterocycles. The van der Waals surface area contributed by atoms with Crippen molar-refractivity contribution < 1.29 is 14.3 Å². The van der Waals surface area contributed by atoms with Crippen molar-refractivity contribution in [3.05, 3.63) is 58.3 Å². The van der Waals surface area contributed by atoms with Gasteiger partial charge in [-0.25, -0.2) is 0 Å². The van der Waals surface area contributed by atoms with Gasteiger partial charge < -0.3 is 15.0 Å². The van der Waals surface area contributed by atoms with Crippen LogP contribution in [0.5, 0.6) is 5.75 Å². The minimum atomic E-state index is -0.846. The van der Waals surface area contributed by atoms with Crippen molar-refractivity contribution in [2.24, 2.45) is 0 Å². The molecule has 0 aliphatic carbocycles. The van der Waals surface area contributed by atoms with E-state index in [9.17, 15) is 9.59 Å². The zero-order chi connectivity index (χ0) is 17.8. The zero-order valence-corrected chi connectivity index (χ0v) is 15.0. The molecule has 0 saturated heterocycles. The number of anilines is 1. The van der Waals surface area contributed by atoms with Crippen LogP contribution in [0.2, 0.25) is 4.34 Å². The molecule has 25 heavy (non-hydrogen) atoms. The maximum Gasteiger partial charge on any atom is 0.266 e. The van der Waals surface area contributed by atoms with Gasteiger partial charge in [0.25, 0.3) is 5.91 Å². The number of carbonyl (C=O) groups is 2. The van der Waals surface area contributed by atoms with Crippen LogP contribution in [0.1, 0.15) is 11.3 Å². The third-order valence-corrected chi connectivity index (χ3v) is 4.96. The number of amides is 2. The molecule has 0 radical (unpaired) electrons. The lowest BCUT2D eigenvalue weighted by Gasteiger charge is -2.27. The summed E-state index contributed by atoms with van der Waals surface area (Å²) in [6.45, 7) is 4.51. The molecule has 2 amide bonds. The van der Waals surface area contributed by atoms with Crippen LogP contribution < -0.4 is 10.1 Å². The molecule has 0 fully saturated rings. The van der Waals surface area contributed by atoms with Gasteiger partial charge in [-0.1, -0.05) is 29.8 Å². The van der Waals surface area contributed by atoms with Gasteiger partial charge in [0.05, 0.1) is 23.0 Å². The number of thiophene rings is 1. The van der Waals surface area contributed by atoms with Crippen LogP contribution in [0.4, 0.5) is 5.69 Å². The van der Waals surface area contributed by atoms with Crippen LogP contribution in [-0.4, -0.2) is 29.4 Å². The minimum Gasteiger partial charge on any atom is -0.478 e. The summed E-state index contributed by atoms with van der Waals surface area (Å²) < 4.78 is 6.37. The van der Waals surface area contributed by atoms with E-state index in [-0.39, 0.29) is 18.2 Å². The Morgan fingerprint density at radius 2 is 2.16 bits per heavy atom. The van der Waals surface area contributed by atoms with Gasteiger partial charge in [-0.05, 0) is 24.3 Å². The molecule has 1 aliphatic rings. The highest BCUT2D eigenvalue weighted by Crippen LogP contribution is 2.30. The lowest BCUT2D eigenvalue weighted by molar-refractivity contribution is -0.137. The highest BCUT2D eigenvalue weighted by molar-refractivity contribution is 7.16. The zero-order valence-electron chi connectivity index (χ0n) is 13.4. The number of benzene rings is 1. The number of rotatable bonds is 6. The van der Waals surface area contributed by atoms with E-state index < -0.39 is 6.10 Å². The third kappa shape index (κ3) is 4.21. The number of para-hydroxylation sites is 2. The van der Waals surface area contributed by atoms with Gasteiger partial charge in [-0.2, -0.15) is 0 Å². The molecule has 0 bridgehead atoms. The third-order valence-electron chi connectivity index (χ3n) is 3.74. The van der Waals surface area contributed by atoms with Crippen molar-refractivity contribution in [1.29, 1.82) is 0 Å². The van der Waals surface area contributed by atoms with Crippen molar-refractivity contribution >= 4 is 40.4 Å². The molecule has 130 valence electrons. The van der Waals surface area contributed by atoms with Crippen molar-refractivity contribution in [3.63, 3.8) is 0 Å². The molecule has 0 unspecified atom stereocenters. The second-order valence-corrected chi connectivity index (χ2v) is 7.36. The summed E-state index contributed by atoms with van der Waals surface area (Å²) >= 11 is 7.37. The first-order chi connectivity index (χ1) is 12.1. The van der Waals surface area contributed by atoms with Gasteiger partial charge >= 0.3 is 0 Å². The standard InChI is InChI=1S/C18H17ClN2O3S/c1-2-9-21(11-12-7-8-16(19)25-12)17(22)10-15-18(23)20-13-5-3-4-6-14(13)24-15/h2-8,15H,1,9-11H2,(H,20,23)/t15-/m0/s1. The van der Waals surface area contributed by atoms with E-state index in [2.05, 4.69) is 11.9 Å². The lowest BCUT2D eigenvalue weighted by atomic mass is 10.1. The Morgan fingerprint density at radius 1 is 1.36 bits per heavy atom. The van der Waals surface area contributed by atoms with Crippen LogP contribution in [0, 0.1) is 0 Å². The highest BCUT2D eigenvalue weighted by Gasteiger charge is 2.31. The molecule has 2 heterocycles. The monoisotopic (exact) mass is 376 g/mol. The van der Waals surface area contributed by atoms with E-state index >= 15 is 0 Å². The van der Waals surface area contributed by atoms with Crippen LogP contribution in [0.15, 0.2) is 49.1 Å². The van der Waals surface area contributed by atoms with Gasteiger partial charge in [0.1, 0.15) is 5.75 Å². The SMILES string of the molecule is C=CCN(Cc1ccc(Cl)s1)C(=O)C[C@@H]1Oc2ccccc2NC1=O. The van der Waals surface area contributed by atoms with Gasteiger partial charge in [0, 0.05) is 11.4 Å². The molecule has 2 aromatic rings. The number of fused-ring (bicyclic) bond motifs is 1. The number of ether oxygens (including phenoxy) is 1. The summed E-state index contributed by atoms with van der Waals surface area (Å²) in [5.74, 6) is 0.0777. The molecule has 5 nitrogen and oxygen atoms in total. The smallest absolute Gasteiger partial charge is 0.266 e. The Morgan fingerprint density at radius 3 is 2.88 bits per heavy atom. The molecule has 7 heteroatoms. The summed E-state index contributed by atoms with van der Waals surface area (Å²) in [5, 5.41) is 2.77. The number of nitrogens with one attached hydrogen (secondary N) is 1. The first-order valence-electron chi connectivity index (χ1n) is 7.76. The second kappa shape index (κ2) is 7.72. The predicted molar refractivity (Wildman–Crippen MR) is 99.0 cm³/mol. The second-order valence-electron chi connectivity index (χ2n) is 5.56. The summed E-state index contributed by atoms with van der Waals surface area (Å²) in [4.78, 5) is 27.5. The highest BCUT2D eigenvalue weighted by atomic mass is 35.5. The molecular formula is C18H17ClN2O3S. The van der Waals surface area contributed by atoms with E-state index in [1.165, 1.54) is 11.3 Å². The predicted octanol–water partition coefficient (Wildman–Crippen LogP) is 3.71. The normalized spacial score (nSPS) is 15.7. The average molecular weight is 377 g/mol. The molecule has 1 N–H and O–H groups in total. The minimum absolute atomic E-state index is 0.0346. The van der Waals surface area contributed by atoms with E-state index in [1.807, 2.05) is 18.2 Å². The van der Waals surface area contributed by atoms with Crippen LogP contribution >= 0.6 is 22.9 Å². The fourth-order valence-electron chi connectivity index (χ4n) is 2.55. The van der Waals surface area contributed by atoms with E-state index in [0.29, 0.717) is 28.9 Å². The molecule has 3 rings (SSSR count). The quantitative estimate of drug-likeness (QED) is 0.782.